The van der Waals surface area contributed by atoms with Crippen LogP contribution in [-0.2, 0) is 23.1 Å². The normalized spacial score (nSPS) is 22.0. The Labute approximate surface area is 136 Å². The molecule has 1 saturated heterocycles. The zero-order valence-corrected chi connectivity index (χ0v) is 14.1. The Balaban J connectivity index is 1.52. The van der Waals surface area contributed by atoms with Gasteiger partial charge in [0.05, 0.1) is 6.26 Å². The third-order valence-electron chi connectivity index (χ3n) is 4.93. The van der Waals surface area contributed by atoms with Gasteiger partial charge in [0.1, 0.15) is 0 Å². The predicted molar refractivity (Wildman–Crippen MR) is 87.6 cm³/mol. The van der Waals surface area contributed by atoms with Gasteiger partial charge in [-0.05, 0) is 42.0 Å². The number of carbonyl (C=O) groups excluding carboxylic acids is 1. The van der Waals surface area contributed by atoms with E-state index >= 15 is 0 Å². The molecule has 7 heteroatoms. The molecule has 124 valence electrons. The van der Waals surface area contributed by atoms with Crippen LogP contribution in [0.1, 0.15) is 24.0 Å². The molecule has 1 aliphatic carbocycles. The number of anilines is 1. The fraction of sp³-hybridized carbons (Fsp3) is 0.562. The Kier molecular flexibility index (Phi) is 3.39. The molecule has 2 aliphatic heterocycles. The van der Waals surface area contributed by atoms with Crippen molar-refractivity contribution in [1.82, 2.24) is 9.21 Å². The maximum absolute atomic E-state index is 12.5. The maximum atomic E-state index is 12.5. The van der Waals surface area contributed by atoms with Crippen molar-refractivity contribution in [1.29, 1.82) is 0 Å². The Morgan fingerprint density at radius 3 is 2.57 bits per heavy atom. The molecular formula is C16H21N3O3S. The van der Waals surface area contributed by atoms with E-state index < -0.39 is 10.0 Å². The van der Waals surface area contributed by atoms with Gasteiger partial charge in [-0.15, -0.1) is 0 Å². The topological polar surface area (TPSA) is 60.9 Å². The number of amides is 2. The summed E-state index contributed by atoms with van der Waals surface area (Å²) in [4.78, 5) is 16.3. The van der Waals surface area contributed by atoms with E-state index in [0.29, 0.717) is 25.6 Å². The highest BCUT2D eigenvalue weighted by Crippen LogP contribution is 2.33. The second kappa shape index (κ2) is 5.21. The van der Waals surface area contributed by atoms with Crippen LogP contribution in [0.5, 0.6) is 0 Å². The first-order valence-corrected chi connectivity index (χ1v) is 9.90. The molecule has 0 unspecified atom stereocenters. The van der Waals surface area contributed by atoms with Gasteiger partial charge in [-0.3, -0.25) is 4.90 Å². The van der Waals surface area contributed by atoms with E-state index in [1.807, 2.05) is 28.0 Å². The molecule has 3 aliphatic rings. The van der Waals surface area contributed by atoms with E-state index in [0.717, 1.165) is 29.9 Å². The van der Waals surface area contributed by atoms with Gasteiger partial charge in [0.15, 0.2) is 0 Å². The summed E-state index contributed by atoms with van der Waals surface area (Å²) in [6.45, 7) is 3.19. The van der Waals surface area contributed by atoms with Crippen molar-refractivity contribution in [3.8, 4) is 0 Å². The van der Waals surface area contributed by atoms with E-state index in [-0.39, 0.29) is 6.03 Å². The molecule has 1 aromatic rings. The SMILES string of the molecule is CS(=O)(=O)N1Cc2ccc(N3CCN(CC4CC4)C3=O)cc2C1. The Bertz CT molecular complexity index is 758. The van der Waals surface area contributed by atoms with Crippen LogP contribution in [0.3, 0.4) is 0 Å². The summed E-state index contributed by atoms with van der Waals surface area (Å²) in [5, 5.41) is 0. The number of benzene rings is 1. The van der Waals surface area contributed by atoms with Crippen LogP contribution >= 0.6 is 0 Å². The maximum Gasteiger partial charge on any atom is 0.324 e. The number of carbonyl (C=O) groups is 1. The number of rotatable bonds is 4. The lowest BCUT2D eigenvalue weighted by Crippen LogP contribution is -2.33. The van der Waals surface area contributed by atoms with E-state index in [9.17, 15) is 13.2 Å². The zero-order valence-electron chi connectivity index (χ0n) is 13.2. The molecule has 0 atom stereocenters. The Hall–Kier alpha value is -1.60. The molecule has 0 aromatic heterocycles. The minimum atomic E-state index is -3.18. The fourth-order valence-electron chi connectivity index (χ4n) is 3.36. The van der Waals surface area contributed by atoms with Crippen molar-refractivity contribution >= 4 is 21.7 Å². The first kappa shape index (κ1) is 15.0. The molecule has 2 amide bonds. The first-order chi connectivity index (χ1) is 10.9. The van der Waals surface area contributed by atoms with Gasteiger partial charge in [-0.2, -0.15) is 4.31 Å². The minimum absolute atomic E-state index is 0.0785. The highest BCUT2D eigenvalue weighted by molar-refractivity contribution is 7.88. The largest absolute Gasteiger partial charge is 0.324 e. The lowest BCUT2D eigenvalue weighted by molar-refractivity contribution is 0.218. The number of hydrogen-bond donors (Lipinski definition) is 0. The molecule has 1 aromatic carbocycles. The molecular weight excluding hydrogens is 314 g/mol. The van der Waals surface area contributed by atoms with Crippen LogP contribution in [-0.4, -0.2) is 49.5 Å². The number of hydrogen-bond acceptors (Lipinski definition) is 3. The van der Waals surface area contributed by atoms with Crippen molar-refractivity contribution in [3.05, 3.63) is 29.3 Å². The van der Waals surface area contributed by atoms with Crippen LogP contribution in [0, 0.1) is 5.92 Å². The van der Waals surface area contributed by atoms with Gasteiger partial charge in [-0.25, -0.2) is 13.2 Å². The summed E-state index contributed by atoms with van der Waals surface area (Å²) in [6, 6.07) is 5.93. The van der Waals surface area contributed by atoms with Crippen molar-refractivity contribution in [2.45, 2.75) is 25.9 Å². The third-order valence-corrected chi connectivity index (χ3v) is 6.13. The quantitative estimate of drug-likeness (QED) is 0.840. The van der Waals surface area contributed by atoms with Crippen molar-refractivity contribution in [2.24, 2.45) is 5.92 Å². The zero-order chi connectivity index (χ0) is 16.2. The molecule has 0 radical (unpaired) electrons. The van der Waals surface area contributed by atoms with Crippen LogP contribution in [0.2, 0.25) is 0 Å². The van der Waals surface area contributed by atoms with Gasteiger partial charge in [0.2, 0.25) is 10.0 Å². The van der Waals surface area contributed by atoms with Crippen molar-refractivity contribution < 1.29 is 13.2 Å². The van der Waals surface area contributed by atoms with E-state index in [1.165, 1.54) is 23.4 Å². The van der Waals surface area contributed by atoms with Crippen LogP contribution < -0.4 is 4.90 Å². The highest BCUT2D eigenvalue weighted by atomic mass is 32.2. The molecule has 1 saturated carbocycles. The van der Waals surface area contributed by atoms with Gasteiger partial charge in [-0.1, -0.05) is 6.07 Å². The van der Waals surface area contributed by atoms with Crippen LogP contribution in [0.15, 0.2) is 18.2 Å². The standard InChI is InChI=1S/C16H21N3O3S/c1-23(21,22)18-10-13-4-5-15(8-14(13)11-18)19-7-6-17(16(19)20)9-12-2-3-12/h4-5,8,12H,2-3,6-7,9-11H2,1H3. The van der Waals surface area contributed by atoms with Crippen molar-refractivity contribution in [2.75, 3.05) is 30.8 Å². The average molecular weight is 335 g/mol. The lowest BCUT2D eigenvalue weighted by atomic mass is 10.1. The van der Waals surface area contributed by atoms with Crippen LogP contribution in [0.4, 0.5) is 10.5 Å². The molecule has 0 N–H and O–H groups in total. The van der Waals surface area contributed by atoms with Gasteiger partial charge in [0.25, 0.3) is 0 Å². The third kappa shape index (κ3) is 2.83. The van der Waals surface area contributed by atoms with Crippen LogP contribution in [0.25, 0.3) is 0 Å². The predicted octanol–water partition coefficient (Wildman–Crippen LogP) is 1.61. The molecule has 2 fully saturated rings. The van der Waals surface area contributed by atoms with E-state index in [1.54, 1.807) is 0 Å². The Morgan fingerprint density at radius 2 is 1.87 bits per heavy atom. The number of fused-ring (bicyclic) bond motifs is 1. The van der Waals surface area contributed by atoms with Gasteiger partial charge >= 0.3 is 6.03 Å². The fourth-order valence-corrected chi connectivity index (χ4v) is 4.10. The summed E-state index contributed by atoms with van der Waals surface area (Å²) in [6.07, 6.45) is 3.72. The highest BCUT2D eigenvalue weighted by Gasteiger charge is 2.34. The summed E-state index contributed by atoms with van der Waals surface area (Å²) in [5.41, 5.74) is 2.91. The molecule has 2 heterocycles. The second-order valence-corrected chi connectivity index (χ2v) is 8.79. The van der Waals surface area contributed by atoms with E-state index in [2.05, 4.69) is 0 Å². The molecule has 23 heavy (non-hydrogen) atoms. The van der Waals surface area contributed by atoms with E-state index in [4.69, 9.17) is 0 Å². The lowest BCUT2D eigenvalue weighted by Gasteiger charge is -2.19. The molecule has 0 spiro atoms. The average Bonchev–Trinajstić information content (AvgIpc) is 3.07. The summed E-state index contributed by atoms with van der Waals surface area (Å²) in [5.74, 6) is 0.697. The summed E-state index contributed by atoms with van der Waals surface area (Å²) < 4.78 is 24.9. The molecule has 0 bridgehead atoms. The van der Waals surface area contributed by atoms with Crippen molar-refractivity contribution in [3.63, 3.8) is 0 Å². The summed E-state index contributed by atoms with van der Waals surface area (Å²) in [7, 11) is -3.18. The first-order valence-electron chi connectivity index (χ1n) is 8.05. The second-order valence-electron chi connectivity index (χ2n) is 6.81. The monoisotopic (exact) mass is 335 g/mol. The van der Waals surface area contributed by atoms with Gasteiger partial charge in [0, 0.05) is 38.4 Å². The number of nitrogens with zero attached hydrogens (tertiary/aromatic N) is 3. The smallest absolute Gasteiger partial charge is 0.322 e. The number of urea groups is 1. The number of sulfonamides is 1. The molecule has 4 rings (SSSR count). The molecule has 6 nitrogen and oxygen atoms in total. The summed E-state index contributed by atoms with van der Waals surface area (Å²) >= 11 is 0. The Morgan fingerprint density at radius 1 is 1.13 bits per heavy atom. The minimum Gasteiger partial charge on any atom is -0.322 e. The van der Waals surface area contributed by atoms with Gasteiger partial charge < -0.3 is 4.90 Å².